The molecule has 3 amide bonds. The lowest BCUT2D eigenvalue weighted by atomic mass is 9.94. The van der Waals surface area contributed by atoms with Gasteiger partial charge in [0.05, 0.1) is 18.7 Å². The van der Waals surface area contributed by atoms with E-state index in [1.807, 2.05) is 18.2 Å². The maximum absolute atomic E-state index is 13.1. The number of hydrogen-bond donors (Lipinski definition) is 3. The first-order chi connectivity index (χ1) is 16.4. The molecule has 3 aromatic carbocycles. The molecule has 7 nitrogen and oxygen atoms in total. The summed E-state index contributed by atoms with van der Waals surface area (Å²) in [6.07, 6.45) is 0. The van der Waals surface area contributed by atoms with Crippen molar-refractivity contribution < 1.29 is 23.5 Å². The Labute approximate surface area is 196 Å². The number of carbonyl (C=O) groups is 2. The highest BCUT2D eigenvalue weighted by Crippen LogP contribution is 2.35. The second kappa shape index (κ2) is 10.1. The second-order valence-electron chi connectivity index (χ2n) is 7.72. The highest BCUT2D eigenvalue weighted by molar-refractivity contribution is 6.06. The summed E-state index contributed by atoms with van der Waals surface area (Å²) in [4.78, 5) is 25.3. The summed E-state index contributed by atoms with van der Waals surface area (Å²) in [7, 11) is 1.51. The maximum Gasteiger partial charge on any atom is 0.319 e. The topological polar surface area (TPSA) is 88.7 Å². The van der Waals surface area contributed by atoms with E-state index >= 15 is 0 Å². The second-order valence-corrected chi connectivity index (χ2v) is 7.72. The van der Waals surface area contributed by atoms with E-state index in [0.29, 0.717) is 34.0 Å². The zero-order valence-corrected chi connectivity index (χ0v) is 18.7. The Morgan fingerprint density at radius 1 is 1.03 bits per heavy atom. The zero-order valence-electron chi connectivity index (χ0n) is 18.7. The van der Waals surface area contributed by atoms with Crippen molar-refractivity contribution >= 4 is 17.6 Å². The molecule has 0 saturated heterocycles. The minimum absolute atomic E-state index is 0.226. The number of hydrogen-bond acceptors (Lipinski definition) is 4. The number of urea groups is 1. The van der Waals surface area contributed by atoms with Crippen LogP contribution in [0.1, 0.15) is 24.1 Å². The molecule has 3 aromatic rings. The van der Waals surface area contributed by atoms with E-state index in [1.165, 1.54) is 19.2 Å². The van der Waals surface area contributed by atoms with Gasteiger partial charge in [-0.1, -0.05) is 36.4 Å². The summed E-state index contributed by atoms with van der Waals surface area (Å²) < 4.78 is 24.5. The molecule has 0 aliphatic carbocycles. The van der Waals surface area contributed by atoms with Gasteiger partial charge in [0.2, 0.25) is 0 Å². The van der Waals surface area contributed by atoms with Crippen molar-refractivity contribution in [2.24, 2.45) is 0 Å². The van der Waals surface area contributed by atoms with Crippen molar-refractivity contribution in [2.75, 3.05) is 12.4 Å². The van der Waals surface area contributed by atoms with Gasteiger partial charge in [0.25, 0.3) is 5.91 Å². The van der Waals surface area contributed by atoms with Crippen LogP contribution in [0, 0.1) is 5.82 Å². The first-order valence-electron chi connectivity index (χ1n) is 10.6. The van der Waals surface area contributed by atoms with Gasteiger partial charge < -0.3 is 25.4 Å². The summed E-state index contributed by atoms with van der Waals surface area (Å²) in [6.45, 7) is 1.91. The van der Waals surface area contributed by atoms with Crippen LogP contribution in [0.2, 0.25) is 0 Å². The van der Waals surface area contributed by atoms with Crippen LogP contribution in [0.15, 0.2) is 84.1 Å². The van der Waals surface area contributed by atoms with Crippen LogP contribution in [0.3, 0.4) is 0 Å². The van der Waals surface area contributed by atoms with Gasteiger partial charge in [-0.2, -0.15) is 0 Å². The Morgan fingerprint density at radius 2 is 1.76 bits per heavy atom. The molecular formula is C26H24FN3O4. The largest absolute Gasteiger partial charge is 0.493 e. The molecule has 1 aliphatic heterocycles. The Morgan fingerprint density at radius 3 is 2.47 bits per heavy atom. The molecule has 0 bridgehead atoms. The Hall–Kier alpha value is -4.33. The van der Waals surface area contributed by atoms with Gasteiger partial charge in [0.1, 0.15) is 12.4 Å². The lowest BCUT2D eigenvalue weighted by Gasteiger charge is -2.29. The van der Waals surface area contributed by atoms with E-state index in [4.69, 9.17) is 9.47 Å². The Balaban J connectivity index is 1.59. The number of allylic oxidation sites excluding steroid dienone is 1. The van der Waals surface area contributed by atoms with E-state index in [1.54, 1.807) is 49.4 Å². The summed E-state index contributed by atoms with van der Waals surface area (Å²) in [6, 6.07) is 19.2. The van der Waals surface area contributed by atoms with Gasteiger partial charge in [-0.3, -0.25) is 4.79 Å². The van der Waals surface area contributed by atoms with Gasteiger partial charge in [-0.15, -0.1) is 0 Å². The average Bonchev–Trinajstić information content (AvgIpc) is 2.83. The molecule has 8 heteroatoms. The monoisotopic (exact) mass is 461 g/mol. The molecule has 1 heterocycles. The van der Waals surface area contributed by atoms with Crippen molar-refractivity contribution in [1.29, 1.82) is 0 Å². The fourth-order valence-corrected chi connectivity index (χ4v) is 3.69. The summed E-state index contributed by atoms with van der Waals surface area (Å²) in [5.41, 5.74) is 2.93. The molecule has 1 atom stereocenters. The number of rotatable bonds is 7. The van der Waals surface area contributed by atoms with Crippen LogP contribution in [0.5, 0.6) is 11.5 Å². The number of amides is 3. The van der Waals surface area contributed by atoms with Crippen LogP contribution in [0.4, 0.5) is 14.9 Å². The predicted molar refractivity (Wildman–Crippen MR) is 126 cm³/mol. The van der Waals surface area contributed by atoms with Crippen molar-refractivity contribution in [1.82, 2.24) is 10.6 Å². The third-order valence-corrected chi connectivity index (χ3v) is 5.37. The van der Waals surface area contributed by atoms with E-state index in [9.17, 15) is 14.0 Å². The molecule has 3 N–H and O–H groups in total. The molecule has 1 unspecified atom stereocenters. The molecule has 1 aliphatic rings. The fraction of sp³-hybridized carbons (Fsp3) is 0.154. The number of ether oxygens (including phenoxy) is 2. The molecule has 0 spiro atoms. The molecule has 0 radical (unpaired) electrons. The number of nitrogens with one attached hydrogen (secondary N) is 3. The predicted octanol–water partition coefficient (Wildman–Crippen LogP) is 4.68. The number of benzene rings is 3. The summed E-state index contributed by atoms with van der Waals surface area (Å²) in [5.74, 6) is 0.265. The average molecular weight is 461 g/mol. The van der Waals surface area contributed by atoms with Gasteiger partial charge in [-0.05, 0) is 54.4 Å². The SMILES string of the molecule is COc1cc(C2NC(=O)NC(C)=C2C(=O)Nc2ccccc2)ccc1OCc1ccc(F)cc1. The standard InChI is InChI=1S/C26H24FN3O4/c1-16-23(25(31)29-20-6-4-3-5-7-20)24(30-26(32)28-16)18-10-13-21(22(14-18)33-2)34-15-17-8-11-19(27)12-9-17/h3-14,24H,15H2,1-2H3,(H,29,31)(H2,28,30,32). The molecule has 0 aromatic heterocycles. The van der Waals surface area contributed by atoms with Crippen LogP contribution in [0.25, 0.3) is 0 Å². The van der Waals surface area contributed by atoms with E-state index < -0.39 is 12.1 Å². The third kappa shape index (κ3) is 5.17. The van der Waals surface area contributed by atoms with Crippen LogP contribution in [-0.4, -0.2) is 19.0 Å². The Kier molecular flexibility index (Phi) is 6.77. The van der Waals surface area contributed by atoms with Crippen molar-refractivity contribution in [3.05, 3.63) is 101 Å². The van der Waals surface area contributed by atoms with E-state index in [-0.39, 0.29) is 18.3 Å². The number of methoxy groups -OCH3 is 1. The lowest BCUT2D eigenvalue weighted by Crippen LogP contribution is -2.45. The first kappa shape index (κ1) is 22.8. The molecule has 4 rings (SSSR count). The highest BCUT2D eigenvalue weighted by atomic mass is 19.1. The molecule has 174 valence electrons. The van der Waals surface area contributed by atoms with Crippen molar-refractivity contribution in [3.63, 3.8) is 0 Å². The van der Waals surface area contributed by atoms with Crippen molar-refractivity contribution in [3.8, 4) is 11.5 Å². The molecular weight excluding hydrogens is 437 g/mol. The van der Waals surface area contributed by atoms with Gasteiger partial charge >= 0.3 is 6.03 Å². The lowest BCUT2D eigenvalue weighted by molar-refractivity contribution is -0.113. The van der Waals surface area contributed by atoms with E-state index in [2.05, 4.69) is 16.0 Å². The number of para-hydroxylation sites is 1. The number of halogens is 1. The van der Waals surface area contributed by atoms with Crippen molar-refractivity contribution in [2.45, 2.75) is 19.6 Å². The fourth-order valence-electron chi connectivity index (χ4n) is 3.69. The number of carbonyl (C=O) groups excluding carboxylic acids is 2. The number of anilines is 1. The maximum atomic E-state index is 13.1. The molecule has 0 saturated carbocycles. The minimum Gasteiger partial charge on any atom is -0.493 e. The van der Waals surface area contributed by atoms with Gasteiger partial charge in [0.15, 0.2) is 11.5 Å². The third-order valence-electron chi connectivity index (χ3n) is 5.37. The first-order valence-corrected chi connectivity index (χ1v) is 10.6. The molecule has 34 heavy (non-hydrogen) atoms. The quantitative estimate of drug-likeness (QED) is 0.477. The summed E-state index contributed by atoms with van der Waals surface area (Å²) in [5, 5.41) is 8.35. The van der Waals surface area contributed by atoms with Gasteiger partial charge in [-0.25, -0.2) is 9.18 Å². The van der Waals surface area contributed by atoms with Crippen LogP contribution >= 0.6 is 0 Å². The van der Waals surface area contributed by atoms with Gasteiger partial charge in [0, 0.05) is 11.4 Å². The summed E-state index contributed by atoms with van der Waals surface area (Å²) >= 11 is 0. The normalized spacial score (nSPS) is 15.3. The zero-order chi connectivity index (χ0) is 24.1. The highest BCUT2D eigenvalue weighted by Gasteiger charge is 2.31. The smallest absolute Gasteiger partial charge is 0.319 e. The van der Waals surface area contributed by atoms with Crippen LogP contribution < -0.4 is 25.4 Å². The molecule has 0 fully saturated rings. The van der Waals surface area contributed by atoms with Crippen LogP contribution in [-0.2, 0) is 11.4 Å². The van der Waals surface area contributed by atoms with E-state index in [0.717, 1.165) is 5.56 Å². The minimum atomic E-state index is -0.697. The Bertz CT molecular complexity index is 1230.